The summed E-state index contributed by atoms with van der Waals surface area (Å²) < 4.78 is 7.44. The van der Waals surface area contributed by atoms with E-state index >= 15 is 0 Å². The van der Waals surface area contributed by atoms with Crippen LogP contribution in [-0.4, -0.2) is 35.9 Å². The molecule has 1 aromatic heterocycles. The molecule has 6 nitrogen and oxygen atoms in total. The number of aromatic nitrogens is 2. The molecule has 1 aliphatic rings. The standard InChI is InChI=1S/C22H25N5O/c1-23-22(24-12-9-17-7-8-21-18(15-17)11-14-28-21)25-16-19-10-13-27(26-19)20-5-3-2-4-6-20/h2-8,10,13,15H,9,11-12,14,16H2,1H3,(H2,23,24,25). The zero-order valence-electron chi connectivity index (χ0n) is 16.1. The fourth-order valence-electron chi connectivity index (χ4n) is 3.30. The Morgan fingerprint density at radius 2 is 2.04 bits per heavy atom. The average Bonchev–Trinajstić information content (AvgIpc) is 3.40. The SMILES string of the molecule is CN=C(NCCc1ccc2c(c1)CCO2)NCc1ccn(-c2ccccc2)n1. The van der Waals surface area contributed by atoms with Gasteiger partial charge in [-0.15, -0.1) is 0 Å². The molecule has 0 bridgehead atoms. The summed E-state index contributed by atoms with van der Waals surface area (Å²) in [4.78, 5) is 4.30. The molecule has 3 aromatic rings. The van der Waals surface area contributed by atoms with Gasteiger partial charge in [0.1, 0.15) is 5.75 Å². The average molecular weight is 375 g/mol. The number of para-hydroxylation sites is 1. The van der Waals surface area contributed by atoms with Crippen LogP contribution >= 0.6 is 0 Å². The molecule has 0 atom stereocenters. The molecule has 6 heteroatoms. The van der Waals surface area contributed by atoms with Gasteiger partial charge in [-0.25, -0.2) is 4.68 Å². The van der Waals surface area contributed by atoms with Crippen molar-refractivity contribution in [2.45, 2.75) is 19.4 Å². The van der Waals surface area contributed by atoms with Gasteiger partial charge in [0.25, 0.3) is 0 Å². The summed E-state index contributed by atoms with van der Waals surface area (Å²) in [5.74, 6) is 1.81. The number of hydrogen-bond donors (Lipinski definition) is 2. The third kappa shape index (κ3) is 4.34. The minimum atomic E-state index is 0.621. The molecule has 28 heavy (non-hydrogen) atoms. The molecular weight excluding hydrogens is 350 g/mol. The number of hydrogen-bond acceptors (Lipinski definition) is 3. The zero-order valence-corrected chi connectivity index (χ0v) is 16.1. The van der Waals surface area contributed by atoms with Crippen LogP contribution in [0, 0.1) is 0 Å². The van der Waals surface area contributed by atoms with Crippen molar-refractivity contribution < 1.29 is 4.74 Å². The zero-order chi connectivity index (χ0) is 19.2. The van der Waals surface area contributed by atoms with Gasteiger partial charge in [0.05, 0.1) is 24.5 Å². The van der Waals surface area contributed by atoms with Gasteiger partial charge < -0.3 is 15.4 Å². The van der Waals surface area contributed by atoms with Crippen LogP contribution in [0.25, 0.3) is 5.69 Å². The van der Waals surface area contributed by atoms with Crippen molar-refractivity contribution in [3.05, 3.63) is 77.6 Å². The largest absolute Gasteiger partial charge is 0.493 e. The van der Waals surface area contributed by atoms with Crippen LogP contribution in [-0.2, 0) is 19.4 Å². The Bertz CT molecular complexity index is 949. The molecule has 144 valence electrons. The van der Waals surface area contributed by atoms with Gasteiger partial charge in [0.15, 0.2) is 5.96 Å². The molecule has 1 aliphatic heterocycles. The van der Waals surface area contributed by atoms with E-state index in [2.05, 4.69) is 38.9 Å². The van der Waals surface area contributed by atoms with Gasteiger partial charge in [-0.2, -0.15) is 5.10 Å². The van der Waals surface area contributed by atoms with Crippen molar-refractivity contribution >= 4 is 5.96 Å². The van der Waals surface area contributed by atoms with Crippen LogP contribution in [0.4, 0.5) is 0 Å². The van der Waals surface area contributed by atoms with Crippen LogP contribution in [0.1, 0.15) is 16.8 Å². The first kappa shape index (κ1) is 18.1. The predicted octanol–water partition coefficient (Wildman–Crippen LogP) is 2.71. The molecule has 4 rings (SSSR count). The van der Waals surface area contributed by atoms with E-state index in [0.717, 1.165) is 49.1 Å². The molecule has 0 unspecified atom stereocenters. The molecule has 2 heterocycles. The summed E-state index contributed by atoms with van der Waals surface area (Å²) in [7, 11) is 1.78. The second-order valence-electron chi connectivity index (χ2n) is 6.73. The number of rotatable bonds is 6. The van der Waals surface area contributed by atoms with E-state index in [4.69, 9.17) is 4.74 Å². The van der Waals surface area contributed by atoms with Crippen molar-refractivity contribution in [2.24, 2.45) is 4.99 Å². The van der Waals surface area contributed by atoms with Gasteiger partial charge in [-0.05, 0) is 41.8 Å². The third-order valence-corrected chi connectivity index (χ3v) is 4.79. The lowest BCUT2D eigenvalue weighted by molar-refractivity contribution is 0.357. The summed E-state index contributed by atoms with van der Waals surface area (Å²) in [6.07, 6.45) is 3.92. The first-order valence-corrected chi connectivity index (χ1v) is 9.61. The Labute approximate surface area is 165 Å². The van der Waals surface area contributed by atoms with Crippen LogP contribution in [0.15, 0.2) is 65.8 Å². The molecule has 0 aliphatic carbocycles. The molecule has 0 amide bonds. The van der Waals surface area contributed by atoms with Crippen LogP contribution in [0.2, 0.25) is 0 Å². The highest BCUT2D eigenvalue weighted by Gasteiger charge is 2.11. The van der Waals surface area contributed by atoms with Crippen LogP contribution in [0.5, 0.6) is 5.75 Å². The number of fused-ring (bicyclic) bond motifs is 1. The highest BCUT2D eigenvalue weighted by Crippen LogP contribution is 2.25. The fourth-order valence-corrected chi connectivity index (χ4v) is 3.30. The molecule has 0 saturated carbocycles. The number of nitrogens with zero attached hydrogens (tertiary/aromatic N) is 3. The molecule has 2 N–H and O–H groups in total. The molecular formula is C22H25N5O. The second-order valence-corrected chi connectivity index (χ2v) is 6.73. The minimum Gasteiger partial charge on any atom is -0.493 e. The molecule has 0 spiro atoms. The third-order valence-electron chi connectivity index (χ3n) is 4.79. The van der Waals surface area contributed by atoms with E-state index in [-0.39, 0.29) is 0 Å². The lowest BCUT2D eigenvalue weighted by Gasteiger charge is -2.11. The highest BCUT2D eigenvalue weighted by atomic mass is 16.5. The maximum Gasteiger partial charge on any atom is 0.191 e. The quantitative estimate of drug-likeness (QED) is 0.514. The van der Waals surface area contributed by atoms with Gasteiger partial charge in [-0.1, -0.05) is 30.3 Å². The topological polar surface area (TPSA) is 63.5 Å². The first-order chi connectivity index (χ1) is 13.8. The summed E-state index contributed by atoms with van der Waals surface area (Å²) >= 11 is 0. The maximum absolute atomic E-state index is 5.57. The summed E-state index contributed by atoms with van der Waals surface area (Å²) in [6, 6.07) is 18.6. The van der Waals surface area contributed by atoms with Crippen molar-refractivity contribution in [3.63, 3.8) is 0 Å². The summed E-state index contributed by atoms with van der Waals surface area (Å²) in [5.41, 5.74) is 4.64. The van der Waals surface area contributed by atoms with E-state index in [0.29, 0.717) is 6.54 Å². The molecule has 2 aromatic carbocycles. The lowest BCUT2D eigenvalue weighted by Crippen LogP contribution is -2.38. The van der Waals surface area contributed by atoms with Crippen molar-refractivity contribution in [1.29, 1.82) is 0 Å². The van der Waals surface area contributed by atoms with E-state index in [9.17, 15) is 0 Å². The van der Waals surface area contributed by atoms with Gasteiger partial charge in [0, 0.05) is 26.2 Å². The van der Waals surface area contributed by atoms with Crippen molar-refractivity contribution in [1.82, 2.24) is 20.4 Å². The Balaban J connectivity index is 1.26. The number of benzene rings is 2. The van der Waals surface area contributed by atoms with E-state index < -0.39 is 0 Å². The number of ether oxygens (including phenoxy) is 1. The van der Waals surface area contributed by atoms with E-state index in [1.54, 1.807) is 7.05 Å². The van der Waals surface area contributed by atoms with Crippen LogP contribution in [0.3, 0.4) is 0 Å². The van der Waals surface area contributed by atoms with Gasteiger partial charge in [-0.3, -0.25) is 4.99 Å². The second kappa shape index (κ2) is 8.61. The molecule has 0 radical (unpaired) electrons. The van der Waals surface area contributed by atoms with Gasteiger partial charge >= 0.3 is 0 Å². The number of guanidine groups is 1. The number of aliphatic imine (C=N–C) groups is 1. The minimum absolute atomic E-state index is 0.621. The molecule has 0 saturated heterocycles. The monoisotopic (exact) mass is 375 g/mol. The Morgan fingerprint density at radius 1 is 1.14 bits per heavy atom. The lowest BCUT2D eigenvalue weighted by atomic mass is 10.1. The van der Waals surface area contributed by atoms with E-state index in [1.807, 2.05) is 47.3 Å². The smallest absolute Gasteiger partial charge is 0.191 e. The Kier molecular flexibility index (Phi) is 5.56. The Hall–Kier alpha value is -3.28. The normalized spacial score (nSPS) is 13.1. The van der Waals surface area contributed by atoms with E-state index in [1.165, 1.54) is 11.1 Å². The fraction of sp³-hybridized carbons (Fsp3) is 0.273. The Morgan fingerprint density at radius 3 is 2.89 bits per heavy atom. The highest BCUT2D eigenvalue weighted by molar-refractivity contribution is 5.79. The first-order valence-electron chi connectivity index (χ1n) is 9.61. The summed E-state index contributed by atoms with van der Waals surface area (Å²) in [5, 5.41) is 11.3. The number of nitrogens with one attached hydrogen (secondary N) is 2. The summed E-state index contributed by atoms with van der Waals surface area (Å²) in [6.45, 7) is 2.24. The van der Waals surface area contributed by atoms with Gasteiger partial charge in [0.2, 0.25) is 0 Å². The predicted molar refractivity (Wildman–Crippen MR) is 111 cm³/mol. The maximum atomic E-state index is 5.57. The molecule has 0 fully saturated rings. The van der Waals surface area contributed by atoms with Crippen molar-refractivity contribution in [3.8, 4) is 11.4 Å². The van der Waals surface area contributed by atoms with Crippen LogP contribution < -0.4 is 15.4 Å². The van der Waals surface area contributed by atoms with Crippen molar-refractivity contribution in [2.75, 3.05) is 20.2 Å².